The molecule has 0 unspecified atom stereocenters. The zero-order valence-electron chi connectivity index (χ0n) is 60.2. The topological polar surface area (TPSA) is 279 Å². The molecule has 106 heavy (non-hydrogen) atoms. The first-order valence-electron chi connectivity index (χ1n) is 34.5. The summed E-state index contributed by atoms with van der Waals surface area (Å²) in [5, 5.41) is 18.9. The average molecular weight is 1470 g/mol. The maximum atomic E-state index is 12.9. The van der Waals surface area contributed by atoms with Crippen LogP contribution in [0.5, 0.6) is 0 Å². The van der Waals surface area contributed by atoms with Crippen molar-refractivity contribution in [1.82, 2.24) is 60.6 Å². The molecule has 0 aliphatic carbocycles. The van der Waals surface area contributed by atoms with Gasteiger partial charge in [-0.05, 0) is 167 Å². The van der Waals surface area contributed by atoms with Gasteiger partial charge in [-0.3, -0.25) is 44.8 Å². The van der Waals surface area contributed by atoms with Gasteiger partial charge in [0.05, 0.1) is 101 Å². The van der Waals surface area contributed by atoms with Crippen molar-refractivity contribution in [2.45, 2.75) is 78.6 Å². The summed E-state index contributed by atoms with van der Waals surface area (Å²) in [4.78, 5) is 96.9. The van der Waals surface area contributed by atoms with Gasteiger partial charge in [0.25, 0.3) is 5.91 Å². The number of fused-ring (bicyclic) bond motifs is 4. The van der Waals surface area contributed by atoms with Crippen LogP contribution in [0.4, 0.5) is 21.0 Å². The van der Waals surface area contributed by atoms with E-state index in [4.69, 9.17) is 42.1 Å². The quantitative estimate of drug-likeness (QED) is 0.0549. The van der Waals surface area contributed by atoms with Crippen LogP contribution < -0.4 is 25.0 Å². The molecule has 3 N–H and O–H groups in total. The Morgan fingerprint density at radius 3 is 1.48 bits per heavy atom. The molecule has 2 aliphatic rings. The number of halogens is 2. The second-order valence-electron chi connectivity index (χ2n) is 27.1. The number of H-pyrrole nitrogens is 1. The third kappa shape index (κ3) is 21.1. The van der Waals surface area contributed by atoms with E-state index in [1.807, 2.05) is 115 Å². The van der Waals surface area contributed by atoms with Crippen molar-refractivity contribution in [3.63, 3.8) is 0 Å². The normalized spacial score (nSPS) is 12.9. The van der Waals surface area contributed by atoms with Gasteiger partial charge >= 0.3 is 24.1 Å². The molecule has 14 rings (SSSR count). The van der Waals surface area contributed by atoms with Gasteiger partial charge in [-0.2, -0.15) is 9.89 Å². The third-order valence-corrected chi connectivity index (χ3v) is 17.4. The second-order valence-corrected chi connectivity index (χ2v) is 28.0. The minimum Gasteiger partial charge on any atom is -0.465 e. The Morgan fingerprint density at radius 1 is 0.500 bits per heavy atom. The molecule has 8 aromatic heterocycles. The number of hydrogen-bond donors (Lipinski definition) is 3. The number of esters is 2. The number of aromatic nitrogens is 10. The van der Waals surface area contributed by atoms with E-state index in [0.717, 1.165) is 134 Å². The van der Waals surface area contributed by atoms with Gasteiger partial charge < -0.3 is 44.3 Å². The van der Waals surface area contributed by atoms with Crippen molar-refractivity contribution < 1.29 is 47.5 Å². The van der Waals surface area contributed by atoms with Crippen molar-refractivity contribution in [1.29, 1.82) is 0 Å². The van der Waals surface area contributed by atoms with Crippen molar-refractivity contribution in [2.75, 3.05) is 76.4 Å². The van der Waals surface area contributed by atoms with E-state index in [9.17, 15) is 24.0 Å². The fourth-order valence-corrected chi connectivity index (χ4v) is 12.1. The van der Waals surface area contributed by atoms with Crippen molar-refractivity contribution >= 4 is 108 Å². The largest absolute Gasteiger partial charge is 0.602 e. The van der Waals surface area contributed by atoms with Gasteiger partial charge in [0.1, 0.15) is 11.2 Å². The molecular formula is C80H82Cl2N15O9+. The van der Waals surface area contributed by atoms with Crippen LogP contribution in [0.15, 0.2) is 189 Å². The number of piperazine rings is 2. The molecule has 2 amide bonds. The Hall–Kier alpha value is -11.6. The molecule has 0 bridgehead atoms. The number of anilines is 2. The number of hydrogen-bond acceptors (Lipinski definition) is 20. The molecule has 2 fully saturated rings. The number of aromatic amines is 1. The number of carbonyl (C=O) groups excluding carboxylic acids is 5. The predicted octanol–water partition coefficient (Wildman–Crippen LogP) is 13.0. The van der Waals surface area contributed by atoms with Crippen LogP contribution in [0.1, 0.15) is 112 Å². The van der Waals surface area contributed by atoms with Crippen LogP contribution in [-0.2, 0) is 44.8 Å². The monoisotopic (exact) mass is 1470 g/mol. The summed E-state index contributed by atoms with van der Waals surface area (Å²) >= 11 is 12.1. The van der Waals surface area contributed by atoms with Crippen LogP contribution in [0, 0.1) is 0 Å². The zero-order valence-corrected chi connectivity index (χ0v) is 61.7. The highest BCUT2D eigenvalue weighted by Crippen LogP contribution is 2.28. The van der Waals surface area contributed by atoms with Gasteiger partial charge in [0.15, 0.2) is 12.4 Å². The minimum absolute atomic E-state index is 0.170. The van der Waals surface area contributed by atoms with E-state index < -0.39 is 17.3 Å². The van der Waals surface area contributed by atoms with Gasteiger partial charge in [0, 0.05) is 146 Å². The maximum Gasteiger partial charge on any atom is 0.602 e. The minimum atomic E-state index is -0.496. The number of methoxy groups -OCH3 is 2. The van der Waals surface area contributed by atoms with E-state index in [0.29, 0.717) is 65.6 Å². The number of nitrogens with zero attached hydrogens (tertiary/aromatic N) is 12. The van der Waals surface area contributed by atoms with Gasteiger partial charge in [-0.1, -0.05) is 46.0 Å². The average Bonchev–Trinajstić information content (AvgIpc) is 1.59. The van der Waals surface area contributed by atoms with Gasteiger partial charge in [-0.15, -0.1) is 0 Å². The predicted molar refractivity (Wildman–Crippen MR) is 407 cm³/mol. The Balaban J connectivity index is 0.000000150. The number of ether oxygens (including phenoxy) is 4. The lowest BCUT2D eigenvalue weighted by Crippen LogP contribution is -2.50. The molecule has 0 spiro atoms. The molecule has 0 atom stereocenters. The lowest BCUT2D eigenvalue weighted by molar-refractivity contribution is -0.589. The fourth-order valence-electron chi connectivity index (χ4n) is 11.7. The van der Waals surface area contributed by atoms with Crippen LogP contribution in [0.3, 0.4) is 0 Å². The summed E-state index contributed by atoms with van der Waals surface area (Å²) in [7, 11) is 2.73. The van der Waals surface area contributed by atoms with Crippen LogP contribution in [0.2, 0.25) is 10.0 Å². The highest BCUT2D eigenvalue weighted by molar-refractivity contribution is 6.31. The molecule has 0 radical (unpaired) electrons. The highest BCUT2D eigenvalue weighted by atomic mass is 35.5. The van der Waals surface area contributed by atoms with Crippen LogP contribution in [-0.4, -0.2) is 158 Å². The summed E-state index contributed by atoms with van der Waals surface area (Å²) in [5.74, 6) is -0.905. The van der Waals surface area contributed by atoms with Crippen molar-refractivity contribution in [3.05, 3.63) is 256 Å². The number of nitrogens with one attached hydrogen (secondary N) is 3. The van der Waals surface area contributed by atoms with E-state index in [2.05, 4.69) is 95.9 Å². The number of carbonyl (C=O) groups is 5. The van der Waals surface area contributed by atoms with Crippen molar-refractivity contribution in [3.8, 4) is 0 Å². The lowest BCUT2D eigenvalue weighted by Gasteiger charge is -2.36. The first kappa shape index (κ1) is 75.6. The second kappa shape index (κ2) is 34.8. The molecule has 544 valence electrons. The van der Waals surface area contributed by atoms with E-state index in [1.165, 1.54) is 31.2 Å². The summed E-state index contributed by atoms with van der Waals surface area (Å²) in [6.07, 6.45) is 17.7. The lowest BCUT2D eigenvalue weighted by atomic mass is 10.0. The van der Waals surface area contributed by atoms with E-state index in [-0.39, 0.29) is 23.9 Å². The first-order chi connectivity index (χ1) is 51.0. The summed E-state index contributed by atoms with van der Waals surface area (Å²) in [5.41, 5.74) is 12.9. The van der Waals surface area contributed by atoms with Crippen molar-refractivity contribution in [2.24, 2.45) is 0 Å². The highest BCUT2D eigenvalue weighted by Gasteiger charge is 2.27. The SMILES string of the molecule is CC(C)(C)OC(=O)[n+]1ccncc1.COC(=O)c1ccnc(Cc2ccc3ncc(Cl)cc3c2)c1.COC(=O)c1ccnc(Cc2ccc3ncc(N4CCN(C(=O)OC(C)(C)C)CC4)cc3c2)c1.O=C(NCc1[nH]nc2ccc(Cl)cc12)c1ccnc(Cc2ccc3ncc(N4CCNCC4)cc3c2)c1. The summed E-state index contributed by atoms with van der Waals surface area (Å²) in [6.45, 7) is 18.0. The Bertz CT molecular complexity index is 5120. The standard InChI is InChI=1S/C28H26ClN7O.C26H30N4O4.C17H13ClN2O2.C9H13N2O2/c29-21-2-4-26-24(15-21)27(35-34-26)17-33-28(37)19-5-6-31-22(13-19)12-18-1-3-25-20(11-18)14-23(16-32-25)36-9-7-30-8-10-36;1-26(2,3)34-25(32)30-11-9-29(10-12-30)22-16-20-13-18(5-6-23(20)28-17-22)14-21-15-19(7-8-27-21)24(31)33-4;1-22-17(21)12-4-5-19-15(9-12)7-11-2-3-16-13(6-11)8-14(18)10-20-16;1-9(2,3)13-8(12)11-6-4-10-5-7-11/h1-6,11,13-16,30H,7-10,12,17H2,(H,33,37)(H,34,35);5-8,13,15-17H,9-12,14H2,1-4H3;2-6,8-10H,7H2,1H3;4-7H,1-3H3/q;;;+1. The molecule has 12 aromatic rings. The molecular weight excluding hydrogens is 1390 g/mol. The Kier molecular flexibility index (Phi) is 24.8. The molecule has 26 heteroatoms. The third-order valence-electron chi connectivity index (χ3n) is 16.9. The fraction of sp³-hybridized carbons (Fsp3) is 0.275. The van der Waals surface area contributed by atoms with Crippen LogP contribution >= 0.6 is 23.2 Å². The molecule has 0 saturated carbocycles. The summed E-state index contributed by atoms with van der Waals surface area (Å²) in [6, 6.07) is 40.5. The maximum absolute atomic E-state index is 12.9. The zero-order chi connectivity index (χ0) is 74.9. The van der Waals surface area contributed by atoms with E-state index in [1.54, 1.807) is 78.5 Å². The number of rotatable bonds is 13. The summed E-state index contributed by atoms with van der Waals surface area (Å²) < 4.78 is 21.5. The number of amides is 2. The Labute approximate surface area is 623 Å². The molecule has 2 saturated heterocycles. The molecule has 24 nitrogen and oxygen atoms in total. The molecule has 10 heterocycles. The van der Waals surface area contributed by atoms with Gasteiger partial charge in [0.2, 0.25) is 0 Å². The first-order valence-corrected chi connectivity index (χ1v) is 35.2. The number of pyridine rings is 6. The Morgan fingerprint density at radius 2 is 0.972 bits per heavy atom. The molecule has 4 aromatic carbocycles. The van der Waals surface area contributed by atoms with Crippen LogP contribution in [0.25, 0.3) is 43.6 Å². The van der Waals surface area contributed by atoms with Gasteiger partial charge in [-0.25, -0.2) is 14.4 Å². The van der Waals surface area contributed by atoms with E-state index >= 15 is 0 Å². The number of benzene rings is 4. The smallest absolute Gasteiger partial charge is 0.465 e. The molecule has 2 aliphatic heterocycles.